The second-order valence-electron chi connectivity index (χ2n) is 7.21. The number of carbonyl (C=O) groups is 1. The van der Waals surface area contributed by atoms with Crippen LogP contribution in [0.1, 0.15) is 52.0 Å². The van der Waals surface area contributed by atoms with E-state index in [-0.39, 0.29) is 6.04 Å². The number of nitrogens with one attached hydrogen (secondary N) is 1. The third kappa shape index (κ3) is 6.07. The van der Waals surface area contributed by atoms with Gasteiger partial charge in [-0.15, -0.1) is 0 Å². The molecular formula is C19H24ClNO3. The molecule has 1 amide bonds. The zero-order valence-corrected chi connectivity index (χ0v) is 15.1. The average Bonchev–Trinajstić information content (AvgIpc) is 2.46. The van der Waals surface area contributed by atoms with Gasteiger partial charge in [-0.2, -0.15) is 0 Å². The van der Waals surface area contributed by atoms with Crippen molar-refractivity contribution in [2.45, 2.75) is 63.7 Å². The van der Waals surface area contributed by atoms with E-state index in [2.05, 4.69) is 17.2 Å². The van der Waals surface area contributed by atoms with Crippen molar-refractivity contribution in [1.29, 1.82) is 0 Å². The maximum absolute atomic E-state index is 11.8. The molecule has 2 N–H and O–H groups in total. The van der Waals surface area contributed by atoms with Gasteiger partial charge in [0.1, 0.15) is 11.2 Å². The van der Waals surface area contributed by atoms with Crippen molar-refractivity contribution in [2.75, 3.05) is 0 Å². The van der Waals surface area contributed by atoms with Crippen LogP contribution in [0.3, 0.4) is 0 Å². The first-order chi connectivity index (χ1) is 11.2. The van der Waals surface area contributed by atoms with Crippen molar-refractivity contribution < 1.29 is 14.6 Å². The fraction of sp³-hybridized carbons (Fsp3) is 0.526. The Hall–Kier alpha value is -1.70. The van der Waals surface area contributed by atoms with Gasteiger partial charge in [0, 0.05) is 16.6 Å². The molecule has 1 aliphatic carbocycles. The van der Waals surface area contributed by atoms with Crippen molar-refractivity contribution in [3.63, 3.8) is 0 Å². The van der Waals surface area contributed by atoms with E-state index in [9.17, 15) is 9.90 Å². The highest BCUT2D eigenvalue weighted by atomic mass is 35.5. The highest BCUT2D eigenvalue weighted by Gasteiger charge is 2.32. The molecule has 0 unspecified atom stereocenters. The number of rotatable bonds is 1. The molecule has 4 nitrogen and oxygen atoms in total. The van der Waals surface area contributed by atoms with Crippen LogP contribution in [-0.4, -0.2) is 28.4 Å². The summed E-state index contributed by atoms with van der Waals surface area (Å²) in [6.45, 7) is 5.49. The second kappa shape index (κ2) is 7.46. The summed E-state index contributed by atoms with van der Waals surface area (Å²) >= 11 is 5.93. The minimum atomic E-state index is -1.02. The molecule has 0 aromatic heterocycles. The molecule has 0 atom stereocenters. The van der Waals surface area contributed by atoms with Crippen LogP contribution in [0.5, 0.6) is 0 Å². The molecule has 2 rings (SSSR count). The van der Waals surface area contributed by atoms with Crippen molar-refractivity contribution >= 4 is 17.7 Å². The molecule has 0 spiro atoms. The Balaban J connectivity index is 1.89. The highest BCUT2D eigenvalue weighted by Crippen LogP contribution is 2.28. The monoisotopic (exact) mass is 349 g/mol. The summed E-state index contributed by atoms with van der Waals surface area (Å²) in [6, 6.07) is 7.26. The topological polar surface area (TPSA) is 58.6 Å². The van der Waals surface area contributed by atoms with E-state index in [0.29, 0.717) is 30.7 Å². The summed E-state index contributed by atoms with van der Waals surface area (Å²) in [7, 11) is 0. The Bertz CT molecular complexity index is 647. The molecule has 1 aromatic carbocycles. The van der Waals surface area contributed by atoms with Gasteiger partial charge in [0.2, 0.25) is 0 Å². The second-order valence-corrected chi connectivity index (χ2v) is 7.65. The van der Waals surface area contributed by atoms with Crippen LogP contribution in [0.15, 0.2) is 24.3 Å². The molecule has 130 valence electrons. The highest BCUT2D eigenvalue weighted by molar-refractivity contribution is 6.30. The van der Waals surface area contributed by atoms with Crippen LogP contribution in [0.2, 0.25) is 5.02 Å². The normalized spacial score (nSPS) is 23.8. The Morgan fingerprint density at radius 1 is 1.38 bits per heavy atom. The van der Waals surface area contributed by atoms with Crippen LogP contribution in [0.25, 0.3) is 0 Å². The van der Waals surface area contributed by atoms with Gasteiger partial charge in [-0.25, -0.2) is 4.79 Å². The number of amides is 1. The summed E-state index contributed by atoms with van der Waals surface area (Å²) in [6.07, 6.45) is 1.95. The number of alkyl carbamates (subject to hydrolysis) is 1. The number of benzene rings is 1. The quantitative estimate of drug-likeness (QED) is 0.756. The van der Waals surface area contributed by atoms with Crippen LogP contribution in [-0.2, 0) is 4.74 Å². The standard InChI is InChI=1S/C19H24ClNO3/c1-18(2,3)24-17(22)21-16-8-11-19(23,12-9-16)10-7-14-5-4-6-15(20)13-14/h4-6,13,16,23H,8-9,11-12H2,1-3H3,(H,21,22). The van der Waals surface area contributed by atoms with E-state index in [1.54, 1.807) is 12.1 Å². The maximum Gasteiger partial charge on any atom is 0.407 e. The molecule has 0 aliphatic heterocycles. The molecule has 1 fully saturated rings. The first-order valence-electron chi connectivity index (χ1n) is 8.16. The number of hydrogen-bond acceptors (Lipinski definition) is 3. The predicted molar refractivity (Wildman–Crippen MR) is 94.9 cm³/mol. The first kappa shape index (κ1) is 18.6. The maximum atomic E-state index is 11.8. The molecule has 1 aromatic rings. The number of aliphatic hydroxyl groups is 1. The number of halogens is 1. The molecule has 1 saturated carbocycles. The molecule has 0 bridgehead atoms. The van der Waals surface area contributed by atoms with E-state index in [0.717, 1.165) is 5.56 Å². The fourth-order valence-electron chi connectivity index (χ4n) is 2.59. The third-order valence-electron chi connectivity index (χ3n) is 3.80. The van der Waals surface area contributed by atoms with Crippen molar-refractivity contribution in [3.05, 3.63) is 34.9 Å². The Labute approximate surface area is 148 Å². The van der Waals surface area contributed by atoms with Gasteiger partial charge in [-0.3, -0.25) is 0 Å². The summed E-state index contributed by atoms with van der Waals surface area (Å²) in [5, 5.41) is 14.1. The summed E-state index contributed by atoms with van der Waals surface area (Å²) in [5.74, 6) is 5.94. The van der Waals surface area contributed by atoms with Crippen molar-refractivity contribution in [2.24, 2.45) is 0 Å². The van der Waals surface area contributed by atoms with Gasteiger partial charge in [-0.05, 0) is 64.7 Å². The lowest BCUT2D eigenvalue weighted by atomic mass is 9.82. The molecule has 5 heteroatoms. The summed E-state index contributed by atoms with van der Waals surface area (Å²) in [5.41, 5.74) is -0.749. The Morgan fingerprint density at radius 3 is 2.62 bits per heavy atom. The van der Waals surface area contributed by atoms with Gasteiger partial charge in [-0.1, -0.05) is 29.5 Å². The zero-order chi connectivity index (χ0) is 17.8. The third-order valence-corrected chi connectivity index (χ3v) is 4.03. The van der Waals surface area contributed by atoms with Gasteiger partial charge >= 0.3 is 6.09 Å². The van der Waals surface area contributed by atoms with Gasteiger partial charge in [0.15, 0.2) is 0 Å². The Kier molecular flexibility index (Phi) is 5.79. The molecule has 24 heavy (non-hydrogen) atoms. The number of carbonyl (C=O) groups excluding carboxylic acids is 1. The van der Waals surface area contributed by atoms with Crippen LogP contribution in [0.4, 0.5) is 4.79 Å². The number of hydrogen-bond donors (Lipinski definition) is 2. The lowest BCUT2D eigenvalue weighted by Crippen LogP contribution is -2.44. The molecule has 0 radical (unpaired) electrons. The molecular weight excluding hydrogens is 326 g/mol. The van der Waals surface area contributed by atoms with Gasteiger partial charge in [0.05, 0.1) is 0 Å². The average molecular weight is 350 g/mol. The summed E-state index contributed by atoms with van der Waals surface area (Å²) in [4.78, 5) is 11.8. The minimum Gasteiger partial charge on any atom is -0.444 e. The van der Waals surface area contributed by atoms with Gasteiger partial charge in [0.25, 0.3) is 0 Å². The largest absolute Gasteiger partial charge is 0.444 e. The van der Waals surface area contributed by atoms with E-state index in [1.807, 2.05) is 32.9 Å². The lowest BCUT2D eigenvalue weighted by molar-refractivity contribution is 0.0343. The van der Waals surface area contributed by atoms with Crippen LogP contribution >= 0.6 is 11.6 Å². The summed E-state index contributed by atoms with van der Waals surface area (Å²) < 4.78 is 5.26. The van der Waals surface area contributed by atoms with Gasteiger partial charge < -0.3 is 15.2 Å². The number of ether oxygens (including phenoxy) is 1. The first-order valence-corrected chi connectivity index (χ1v) is 8.54. The lowest BCUT2D eigenvalue weighted by Gasteiger charge is -2.33. The zero-order valence-electron chi connectivity index (χ0n) is 14.4. The molecule has 0 heterocycles. The van der Waals surface area contributed by atoms with Crippen LogP contribution < -0.4 is 5.32 Å². The predicted octanol–water partition coefficient (Wildman–Crippen LogP) is 3.89. The van der Waals surface area contributed by atoms with E-state index >= 15 is 0 Å². The fourth-order valence-corrected chi connectivity index (χ4v) is 2.78. The minimum absolute atomic E-state index is 0.00750. The SMILES string of the molecule is CC(C)(C)OC(=O)NC1CCC(O)(C#Cc2cccc(Cl)c2)CC1. The Morgan fingerprint density at radius 2 is 2.04 bits per heavy atom. The molecule has 1 aliphatic rings. The van der Waals surface area contributed by atoms with Crippen LogP contribution in [0, 0.1) is 11.8 Å². The van der Waals surface area contributed by atoms with E-state index in [4.69, 9.17) is 16.3 Å². The van der Waals surface area contributed by atoms with E-state index in [1.165, 1.54) is 0 Å². The van der Waals surface area contributed by atoms with Crippen molar-refractivity contribution in [1.82, 2.24) is 5.32 Å². The molecule has 0 saturated heterocycles. The smallest absolute Gasteiger partial charge is 0.407 e. The van der Waals surface area contributed by atoms with Crippen molar-refractivity contribution in [3.8, 4) is 11.8 Å². The van der Waals surface area contributed by atoms with E-state index < -0.39 is 17.3 Å².